The van der Waals surface area contributed by atoms with Crippen molar-refractivity contribution in [3.8, 4) is 6.07 Å². The van der Waals surface area contributed by atoms with Gasteiger partial charge >= 0.3 is 5.97 Å². The minimum Gasteiger partial charge on any atom is -0.477 e. The normalized spacial score (nSPS) is 9.42. The minimum atomic E-state index is -0.986. The average molecular weight is 246 g/mol. The number of nitrogens with zero attached hydrogens (tertiary/aromatic N) is 1. The highest BCUT2D eigenvalue weighted by atomic mass is 79.9. The Labute approximate surface area is 81.4 Å². The fourth-order valence-corrected chi connectivity index (χ4v) is 2.50. The second kappa shape index (κ2) is 3.25. The molecule has 0 bridgehead atoms. The predicted molar refractivity (Wildman–Crippen MR) is 48.4 cm³/mol. The standard InChI is InChI=1S/C7H4BrNO2S/c1-3-4(2-9)6(8)12-5(3)7(10)11/h1H3,(H,10,11). The third kappa shape index (κ3) is 1.36. The van der Waals surface area contributed by atoms with Crippen molar-refractivity contribution in [1.29, 1.82) is 5.26 Å². The van der Waals surface area contributed by atoms with Crippen LogP contribution in [0.5, 0.6) is 0 Å². The molecule has 0 atom stereocenters. The molecular formula is C7H4BrNO2S. The van der Waals surface area contributed by atoms with Crippen molar-refractivity contribution in [2.45, 2.75) is 6.92 Å². The molecule has 1 N–H and O–H groups in total. The highest BCUT2D eigenvalue weighted by Gasteiger charge is 2.17. The Kier molecular flexibility index (Phi) is 2.50. The summed E-state index contributed by atoms with van der Waals surface area (Å²) in [7, 11) is 0. The Hall–Kier alpha value is -0.860. The summed E-state index contributed by atoms with van der Waals surface area (Å²) in [4.78, 5) is 10.8. The molecule has 0 amide bonds. The van der Waals surface area contributed by atoms with Crippen LogP contribution in [0.1, 0.15) is 20.8 Å². The molecule has 5 heteroatoms. The molecule has 0 aliphatic rings. The molecular weight excluding hydrogens is 242 g/mol. The molecule has 0 aromatic carbocycles. The number of carbonyl (C=O) groups is 1. The molecule has 0 spiro atoms. The van der Waals surface area contributed by atoms with Gasteiger partial charge in [0.1, 0.15) is 10.9 Å². The molecule has 1 heterocycles. The molecule has 3 nitrogen and oxygen atoms in total. The average Bonchev–Trinajstić information content (AvgIpc) is 2.27. The number of nitriles is 1. The van der Waals surface area contributed by atoms with E-state index in [0.717, 1.165) is 11.3 Å². The first-order valence-electron chi connectivity index (χ1n) is 3.00. The van der Waals surface area contributed by atoms with E-state index in [1.54, 1.807) is 6.92 Å². The van der Waals surface area contributed by atoms with Gasteiger partial charge in [-0.3, -0.25) is 0 Å². The van der Waals surface area contributed by atoms with Gasteiger partial charge < -0.3 is 5.11 Å². The van der Waals surface area contributed by atoms with E-state index in [1.165, 1.54) is 0 Å². The van der Waals surface area contributed by atoms with Crippen molar-refractivity contribution in [1.82, 2.24) is 0 Å². The Morgan fingerprint density at radius 1 is 1.75 bits per heavy atom. The van der Waals surface area contributed by atoms with Gasteiger partial charge in [-0.2, -0.15) is 5.26 Å². The zero-order valence-corrected chi connectivity index (χ0v) is 8.49. The van der Waals surface area contributed by atoms with Crippen molar-refractivity contribution in [2.75, 3.05) is 0 Å². The van der Waals surface area contributed by atoms with Gasteiger partial charge in [0.25, 0.3) is 0 Å². The van der Waals surface area contributed by atoms with E-state index in [0.29, 0.717) is 14.9 Å². The minimum absolute atomic E-state index is 0.221. The fraction of sp³-hybridized carbons (Fsp3) is 0.143. The van der Waals surface area contributed by atoms with Crippen LogP contribution in [0.2, 0.25) is 0 Å². The van der Waals surface area contributed by atoms with Crippen LogP contribution < -0.4 is 0 Å². The zero-order valence-electron chi connectivity index (χ0n) is 6.09. The summed E-state index contributed by atoms with van der Waals surface area (Å²) in [6, 6.07) is 1.94. The molecule has 0 aliphatic heterocycles. The van der Waals surface area contributed by atoms with E-state index in [2.05, 4.69) is 15.9 Å². The molecule has 0 aliphatic carbocycles. The van der Waals surface area contributed by atoms with Gasteiger partial charge in [-0.15, -0.1) is 11.3 Å². The molecule has 0 radical (unpaired) electrons. The smallest absolute Gasteiger partial charge is 0.346 e. The maximum atomic E-state index is 10.6. The van der Waals surface area contributed by atoms with Crippen molar-refractivity contribution in [3.63, 3.8) is 0 Å². The van der Waals surface area contributed by atoms with Crippen molar-refractivity contribution in [3.05, 3.63) is 19.8 Å². The molecule has 0 fully saturated rings. The van der Waals surface area contributed by atoms with E-state index in [1.807, 2.05) is 6.07 Å². The lowest BCUT2D eigenvalue weighted by atomic mass is 10.2. The number of carboxylic acids is 1. The molecule has 62 valence electrons. The first-order chi connectivity index (χ1) is 5.57. The number of thiophene rings is 1. The zero-order chi connectivity index (χ0) is 9.30. The maximum Gasteiger partial charge on any atom is 0.346 e. The third-order valence-corrected chi connectivity index (χ3v) is 3.36. The monoisotopic (exact) mass is 245 g/mol. The molecule has 1 aromatic rings. The summed E-state index contributed by atoms with van der Waals surface area (Å²) >= 11 is 4.20. The predicted octanol–water partition coefficient (Wildman–Crippen LogP) is 2.39. The highest BCUT2D eigenvalue weighted by Crippen LogP contribution is 2.31. The first-order valence-corrected chi connectivity index (χ1v) is 4.61. The van der Waals surface area contributed by atoms with E-state index < -0.39 is 5.97 Å². The number of halogens is 1. The van der Waals surface area contributed by atoms with Crippen LogP contribution in [-0.2, 0) is 0 Å². The Morgan fingerprint density at radius 2 is 2.33 bits per heavy atom. The van der Waals surface area contributed by atoms with Crippen molar-refractivity contribution in [2.24, 2.45) is 0 Å². The second-order valence-corrected chi connectivity index (χ2v) is 4.46. The molecule has 0 saturated carbocycles. The molecule has 1 aromatic heterocycles. The highest BCUT2D eigenvalue weighted by molar-refractivity contribution is 9.11. The van der Waals surface area contributed by atoms with Crippen LogP contribution in [0.25, 0.3) is 0 Å². The van der Waals surface area contributed by atoms with E-state index in [-0.39, 0.29) is 4.88 Å². The molecule has 1 rings (SSSR count). The van der Waals surface area contributed by atoms with Crippen LogP contribution in [-0.4, -0.2) is 11.1 Å². The lowest BCUT2D eigenvalue weighted by Gasteiger charge is -1.88. The lowest BCUT2D eigenvalue weighted by Crippen LogP contribution is -1.94. The van der Waals surface area contributed by atoms with Crippen LogP contribution in [0.15, 0.2) is 3.79 Å². The van der Waals surface area contributed by atoms with Gasteiger partial charge in [-0.1, -0.05) is 0 Å². The Morgan fingerprint density at radius 3 is 2.58 bits per heavy atom. The number of hydrogen-bond acceptors (Lipinski definition) is 3. The van der Waals surface area contributed by atoms with Crippen LogP contribution in [0.4, 0.5) is 0 Å². The van der Waals surface area contributed by atoms with E-state index in [9.17, 15) is 4.79 Å². The van der Waals surface area contributed by atoms with Gasteiger partial charge in [0.05, 0.1) is 9.35 Å². The number of rotatable bonds is 1. The molecule has 0 unspecified atom stereocenters. The summed E-state index contributed by atoms with van der Waals surface area (Å²) in [5.74, 6) is -0.986. The molecule has 0 saturated heterocycles. The summed E-state index contributed by atoms with van der Waals surface area (Å²) in [5.41, 5.74) is 0.944. The summed E-state index contributed by atoms with van der Waals surface area (Å²) in [6.07, 6.45) is 0. The van der Waals surface area contributed by atoms with Gasteiger partial charge in [0.15, 0.2) is 0 Å². The number of carboxylic acid groups (broad SMARTS) is 1. The SMILES string of the molecule is Cc1c(C(=O)O)sc(Br)c1C#N. The van der Waals surface area contributed by atoms with Crippen molar-refractivity contribution >= 4 is 33.2 Å². The summed E-state index contributed by atoms with van der Waals surface area (Å²) in [6.45, 7) is 1.63. The Balaban J connectivity index is 3.39. The fourth-order valence-electron chi connectivity index (χ4n) is 0.810. The van der Waals surface area contributed by atoms with Gasteiger partial charge in [0, 0.05) is 0 Å². The van der Waals surface area contributed by atoms with E-state index in [4.69, 9.17) is 10.4 Å². The largest absolute Gasteiger partial charge is 0.477 e. The Bertz CT molecular complexity index is 377. The van der Waals surface area contributed by atoms with Gasteiger partial charge in [0.2, 0.25) is 0 Å². The van der Waals surface area contributed by atoms with Crippen LogP contribution in [0, 0.1) is 18.3 Å². The summed E-state index contributed by atoms with van der Waals surface area (Å²) < 4.78 is 0.583. The molecule has 12 heavy (non-hydrogen) atoms. The van der Waals surface area contributed by atoms with Crippen LogP contribution in [0.3, 0.4) is 0 Å². The quantitative estimate of drug-likeness (QED) is 0.827. The van der Waals surface area contributed by atoms with Crippen LogP contribution >= 0.6 is 27.3 Å². The third-order valence-electron chi connectivity index (χ3n) is 1.41. The lowest BCUT2D eigenvalue weighted by molar-refractivity contribution is 0.0701. The number of aromatic carboxylic acids is 1. The van der Waals surface area contributed by atoms with Crippen molar-refractivity contribution < 1.29 is 9.90 Å². The summed E-state index contributed by atoms with van der Waals surface area (Å²) in [5, 5.41) is 17.3. The number of hydrogen-bond donors (Lipinski definition) is 1. The maximum absolute atomic E-state index is 10.6. The first kappa shape index (κ1) is 9.23. The topological polar surface area (TPSA) is 61.1 Å². The second-order valence-electron chi connectivity index (χ2n) is 2.12. The van der Waals surface area contributed by atoms with Gasteiger partial charge in [-0.05, 0) is 28.4 Å². The van der Waals surface area contributed by atoms with Gasteiger partial charge in [-0.25, -0.2) is 4.79 Å². The van der Waals surface area contributed by atoms with E-state index >= 15 is 0 Å².